The molecule has 0 radical (unpaired) electrons. The molecule has 3 amide bonds. The molecule has 1 saturated carbocycles. The Bertz CT molecular complexity index is 1230. The fraction of sp³-hybridized carbons (Fsp3) is 0.520. The number of likely N-dealkylation sites (N-methyl/N-ethyl adjacent to an activating group) is 1. The number of fused-ring (bicyclic) bond motifs is 2. The number of nitrogens with one attached hydrogen (secondary N) is 1. The van der Waals surface area contributed by atoms with Gasteiger partial charge in [0.1, 0.15) is 5.78 Å². The molecule has 1 aromatic heterocycles. The molecule has 4 heterocycles. The number of hydrogen-bond acceptors (Lipinski definition) is 9. The lowest BCUT2D eigenvalue weighted by Gasteiger charge is -2.37. The Morgan fingerprint density at radius 1 is 0.973 bits per heavy atom. The molecule has 3 aliphatic heterocycles. The average molecular weight is 506 g/mol. The molecular formula is C25H31N9O3. The number of rotatable bonds is 6. The highest BCUT2D eigenvalue weighted by Gasteiger charge is 2.50. The number of benzene rings is 1. The van der Waals surface area contributed by atoms with Crippen LogP contribution in [-0.2, 0) is 4.79 Å². The first-order valence-electron chi connectivity index (χ1n) is 12.8. The number of ketones is 1. The molecule has 3 saturated heterocycles. The molecule has 6 rings (SSSR count). The van der Waals surface area contributed by atoms with Crippen molar-refractivity contribution in [3.05, 3.63) is 30.0 Å². The van der Waals surface area contributed by atoms with Gasteiger partial charge in [-0.25, -0.2) is 4.79 Å². The number of amides is 3. The number of Topliss-reactive ketones (excluding diaryl/α,β-unsaturated/α-hetero) is 1. The highest BCUT2D eigenvalue weighted by Crippen LogP contribution is 2.42. The number of primary amides is 1. The molecule has 1 aliphatic carbocycles. The molecule has 1 aromatic carbocycles. The van der Waals surface area contributed by atoms with Crippen LogP contribution in [-0.4, -0.2) is 94.6 Å². The number of nitrogens with zero attached hydrogens (tertiary/aromatic N) is 7. The standard InChI is InChI=1S/C25H31N9O3/c1-31-10-11-33(25(31)37)19-12-15-13-20(19)34(14-15)24-28-23(21(22(26)36)29-30-24)27-16-2-4-17(5-3-16)32-8-6-18(35)7-9-32/h2-5,15,19-20H,6-14H2,1H3,(H2,26,36)(H,27,28,30). The highest BCUT2D eigenvalue weighted by atomic mass is 16.2. The van der Waals surface area contributed by atoms with Crippen LogP contribution >= 0.6 is 0 Å². The van der Waals surface area contributed by atoms with Crippen molar-refractivity contribution in [1.82, 2.24) is 25.0 Å². The molecule has 12 heteroatoms. The van der Waals surface area contributed by atoms with Crippen molar-refractivity contribution in [2.24, 2.45) is 11.7 Å². The van der Waals surface area contributed by atoms with Gasteiger partial charge in [0.2, 0.25) is 5.95 Å². The number of aromatic nitrogens is 3. The van der Waals surface area contributed by atoms with E-state index < -0.39 is 5.91 Å². The van der Waals surface area contributed by atoms with Gasteiger partial charge in [-0.15, -0.1) is 10.2 Å². The molecule has 4 fully saturated rings. The van der Waals surface area contributed by atoms with E-state index in [4.69, 9.17) is 5.73 Å². The van der Waals surface area contributed by atoms with E-state index in [1.165, 1.54) is 0 Å². The second kappa shape index (κ2) is 9.16. The fourth-order valence-corrected chi connectivity index (χ4v) is 6.13. The summed E-state index contributed by atoms with van der Waals surface area (Å²) in [6.45, 7) is 3.70. The van der Waals surface area contributed by atoms with Crippen LogP contribution in [0.2, 0.25) is 0 Å². The van der Waals surface area contributed by atoms with Crippen LogP contribution in [0.3, 0.4) is 0 Å². The van der Waals surface area contributed by atoms with Crippen molar-refractivity contribution >= 4 is 40.9 Å². The summed E-state index contributed by atoms with van der Waals surface area (Å²) in [5.41, 5.74) is 7.32. The monoisotopic (exact) mass is 505 g/mol. The largest absolute Gasteiger partial charge is 0.371 e. The van der Waals surface area contributed by atoms with Gasteiger partial charge in [0.25, 0.3) is 5.91 Å². The third kappa shape index (κ3) is 4.30. The predicted octanol–water partition coefficient (Wildman–Crippen LogP) is 1.22. The second-order valence-corrected chi connectivity index (χ2v) is 10.4. The third-order valence-electron chi connectivity index (χ3n) is 8.08. The minimum Gasteiger partial charge on any atom is -0.371 e. The number of carbonyl (C=O) groups excluding carboxylic acids is 3. The summed E-state index contributed by atoms with van der Waals surface area (Å²) in [5.74, 6) is 0.735. The Balaban J connectivity index is 1.22. The molecule has 3 unspecified atom stereocenters. The highest BCUT2D eigenvalue weighted by molar-refractivity contribution is 5.96. The van der Waals surface area contributed by atoms with Crippen LogP contribution < -0.4 is 20.9 Å². The fourth-order valence-electron chi connectivity index (χ4n) is 6.13. The van der Waals surface area contributed by atoms with E-state index in [1.807, 2.05) is 36.2 Å². The molecule has 4 aliphatic rings. The van der Waals surface area contributed by atoms with E-state index in [9.17, 15) is 14.4 Å². The van der Waals surface area contributed by atoms with Gasteiger partial charge in [0.05, 0.1) is 12.1 Å². The van der Waals surface area contributed by atoms with Crippen molar-refractivity contribution in [3.63, 3.8) is 0 Å². The Labute approximate surface area is 214 Å². The van der Waals surface area contributed by atoms with E-state index in [0.29, 0.717) is 30.5 Å². The van der Waals surface area contributed by atoms with Crippen LogP contribution in [0.15, 0.2) is 24.3 Å². The van der Waals surface area contributed by atoms with Crippen molar-refractivity contribution in [2.75, 3.05) is 54.9 Å². The minimum atomic E-state index is -0.713. The van der Waals surface area contributed by atoms with Gasteiger partial charge in [-0.3, -0.25) is 9.59 Å². The zero-order chi connectivity index (χ0) is 25.7. The summed E-state index contributed by atoms with van der Waals surface area (Å²) in [6, 6.07) is 8.07. The van der Waals surface area contributed by atoms with Gasteiger partial charge in [0, 0.05) is 64.0 Å². The number of nitrogens with two attached hydrogens (primary N) is 1. The Morgan fingerprint density at radius 3 is 2.30 bits per heavy atom. The maximum Gasteiger partial charge on any atom is 0.320 e. The first-order valence-corrected chi connectivity index (χ1v) is 12.8. The van der Waals surface area contributed by atoms with Gasteiger partial charge in [-0.05, 0) is 43.0 Å². The average Bonchev–Trinajstić information content (AvgIpc) is 3.60. The Morgan fingerprint density at radius 2 is 1.68 bits per heavy atom. The lowest BCUT2D eigenvalue weighted by atomic mass is 10.0. The molecule has 2 aromatic rings. The molecule has 3 N–H and O–H groups in total. The molecule has 37 heavy (non-hydrogen) atoms. The second-order valence-electron chi connectivity index (χ2n) is 10.4. The number of anilines is 4. The zero-order valence-electron chi connectivity index (χ0n) is 20.8. The lowest BCUT2D eigenvalue weighted by Crippen LogP contribution is -2.52. The first-order chi connectivity index (χ1) is 17.9. The van der Waals surface area contributed by atoms with Crippen LogP contribution in [0.5, 0.6) is 0 Å². The summed E-state index contributed by atoms with van der Waals surface area (Å²) in [4.78, 5) is 49.0. The summed E-state index contributed by atoms with van der Waals surface area (Å²) in [6.07, 6.45) is 3.10. The third-order valence-corrected chi connectivity index (χ3v) is 8.08. The van der Waals surface area contributed by atoms with Crippen molar-refractivity contribution in [3.8, 4) is 0 Å². The van der Waals surface area contributed by atoms with E-state index in [-0.39, 0.29) is 29.6 Å². The van der Waals surface area contributed by atoms with Gasteiger partial charge in [-0.2, -0.15) is 4.98 Å². The molecule has 194 valence electrons. The molecular weight excluding hydrogens is 474 g/mol. The SMILES string of the molecule is CN1CCN(C2CC3CC2N(c2nnc(C(N)=O)c(Nc4ccc(N5CCC(=O)CC5)cc4)n2)C3)C1=O. The minimum absolute atomic E-state index is 0.0281. The van der Waals surface area contributed by atoms with Crippen LogP contribution in [0.4, 0.5) is 27.9 Å². The van der Waals surface area contributed by atoms with Gasteiger partial charge < -0.3 is 30.7 Å². The van der Waals surface area contributed by atoms with Gasteiger partial charge >= 0.3 is 6.03 Å². The van der Waals surface area contributed by atoms with Crippen LogP contribution in [0.25, 0.3) is 0 Å². The predicted molar refractivity (Wildman–Crippen MR) is 137 cm³/mol. The summed E-state index contributed by atoms with van der Waals surface area (Å²) in [7, 11) is 1.83. The quantitative estimate of drug-likeness (QED) is 0.593. The topological polar surface area (TPSA) is 141 Å². The van der Waals surface area contributed by atoms with E-state index in [0.717, 1.165) is 56.9 Å². The van der Waals surface area contributed by atoms with E-state index in [1.54, 1.807) is 4.90 Å². The van der Waals surface area contributed by atoms with Crippen molar-refractivity contribution < 1.29 is 14.4 Å². The molecule has 0 spiro atoms. The van der Waals surface area contributed by atoms with Gasteiger partial charge in [0.15, 0.2) is 11.5 Å². The molecule has 12 nitrogen and oxygen atoms in total. The Kier molecular flexibility index (Phi) is 5.81. The van der Waals surface area contributed by atoms with E-state index in [2.05, 4.69) is 30.3 Å². The maximum atomic E-state index is 12.6. The summed E-state index contributed by atoms with van der Waals surface area (Å²) in [5, 5.41) is 11.6. The van der Waals surface area contributed by atoms with Gasteiger partial charge in [-0.1, -0.05) is 0 Å². The number of piperidine rings is 2. The lowest BCUT2D eigenvalue weighted by molar-refractivity contribution is -0.119. The smallest absolute Gasteiger partial charge is 0.320 e. The summed E-state index contributed by atoms with van der Waals surface area (Å²) >= 11 is 0. The summed E-state index contributed by atoms with van der Waals surface area (Å²) < 4.78 is 0. The maximum absolute atomic E-state index is 12.6. The zero-order valence-corrected chi connectivity index (χ0v) is 20.8. The van der Waals surface area contributed by atoms with Crippen molar-refractivity contribution in [1.29, 1.82) is 0 Å². The molecule has 3 atom stereocenters. The molecule has 2 bridgehead atoms. The van der Waals surface area contributed by atoms with E-state index >= 15 is 0 Å². The van der Waals surface area contributed by atoms with Crippen LogP contribution in [0.1, 0.15) is 36.2 Å². The Hall–Kier alpha value is -3.96. The number of urea groups is 1. The normalized spacial score (nSPS) is 25.4. The van der Waals surface area contributed by atoms with Crippen molar-refractivity contribution in [2.45, 2.75) is 37.8 Å². The number of hydrogen-bond donors (Lipinski definition) is 2. The van der Waals surface area contributed by atoms with Crippen LogP contribution in [0, 0.1) is 5.92 Å². The number of carbonyl (C=O) groups is 3. The first kappa shape index (κ1) is 23.4.